The van der Waals surface area contributed by atoms with Crippen LogP contribution in [0.5, 0.6) is 0 Å². The lowest BCUT2D eigenvalue weighted by atomic mass is 10.1. The fraction of sp³-hybridized carbons (Fsp3) is 0.400. The second-order valence-electron chi connectivity index (χ2n) is 5.10. The molecule has 0 saturated carbocycles. The maximum Gasteiger partial charge on any atom is 0.255 e. The van der Waals surface area contributed by atoms with Crippen molar-refractivity contribution in [3.05, 3.63) is 46.5 Å². The van der Waals surface area contributed by atoms with E-state index in [1.807, 2.05) is 46.9 Å². The van der Waals surface area contributed by atoms with Gasteiger partial charge in [-0.25, -0.2) is 0 Å². The Morgan fingerprint density at radius 3 is 2.50 bits per heavy atom. The molecule has 106 valence electrons. The summed E-state index contributed by atoms with van der Waals surface area (Å²) in [6.07, 6.45) is 1.79. The Kier molecular flexibility index (Phi) is 3.88. The molecule has 0 aliphatic heterocycles. The van der Waals surface area contributed by atoms with E-state index in [4.69, 9.17) is 0 Å². The maximum atomic E-state index is 12.4. The number of hydrogen-bond donors (Lipinski definition) is 1. The number of amides is 1. The SMILES string of the molecule is Cc1ccc([C@@H](C)NC(=O)c2c(C)nn(C)c2C)cn1. The number of aryl methyl sites for hydroxylation is 3. The topological polar surface area (TPSA) is 59.8 Å². The summed E-state index contributed by atoms with van der Waals surface area (Å²) in [5, 5.41) is 7.26. The first-order chi connectivity index (χ1) is 9.40. The van der Waals surface area contributed by atoms with Crippen LogP contribution in [-0.4, -0.2) is 20.7 Å². The van der Waals surface area contributed by atoms with E-state index in [9.17, 15) is 4.79 Å². The number of hydrogen-bond acceptors (Lipinski definition) is 3. The van der Waals surface area contributed by atoms with E-state index in [0.717, 1.165) is 22.6 Å². The molecule has 2 rings (SSSR count). The summed E-state index contributed by atoms with van der Waals surface area (Å²) in [6, 6.07) is 3.84. The van der Waals surface area contributed by atoms with Crippen molar-refractivity contribution < 1.29 is 4.79 Å². The summed E-state index contributed by atoms with van der Waals surface area (Å²) in [7, 11) is 1.84. The molecule has 0 aromatic carbocycles. The molecule has 0 unspecified atom stereocenters. The number of nitrogens with one attached hydrogen (secondary N) is 1. The molecule has 0 saturated heterocycles. The van der Waals surface area contributed by atoms with E-state index in [1.165, 1.54) is 0 Å². The van der Waals surface area contributed by atoms with Crippen LogP contribution in [0.15, 0.2) is 18.3 Å². The smallest absolute Gasteiger partial charge is 0.255 e. The van der Waals surface area contributed by atoms with Crippen molar-refractivity contribution >= 4 is 5.91 Å². The predicted octanol–water partition coefficient (Wildman–Crippen LogP) is 2.23. The fourth-order valence-corrected chi connectivity index (χ4v) is 2.19. The van der Waals surface area contributed by atoms with E-state index in [2.05, 4.69) is 15.4 Å². The molecule has 0 fully saturated rings. The van der Waals surface area contributed by atoms with Crippen LogP contribution >= 0.6 is 0 Å². The predicted molar refractivity (Wildman–Crippen MR) is 77.5 cm³/mol. The van der Waals surface area contributed by atoms with Gasteiger partial charge in [0.05, 0.1) is 17.3 Å². The van der Waals surface area contributed by atoms with E-state index < -0.39 is 0 Å². The lowest BCUT2D eigenvalue weighted by Crippen LogP contribution is -2.27. The van der Waals surface area contributed by atoms with Gasteiger partial charge < -0.3 is 5.32 Å². The van der Waals surface area contributed by atoms with E-state index in [1.54, 1.807) is 10.9 Å². The number of aromatic nitrogens is 3. The Morgan fingerprint density at radius 2 is 2.00 bits per heavy atom. The third-order valence-corrected chi connectivity index (χ3v) is 3.52. The van der Waals surface area contributed by atoms with Gasteiger partial charge in [-0.3, -0.25) is 14.5 Å². The van der Waals surface area contributed by atoms with Crippen molar-refractivity contribution in [3.8, 4) is 0 Å². The summed E-state index contributed by atoms with van der Waals surface area (Å²) < 4.78 is 1.72. The molecule has 2 aromatic rings. The normalized spacial score (nSPS) is 12.2. The summed E-state index contributed by atoms with van der Waals surface area (Å²) in [5.41, 5.74) is 4.22. The zero-order chi connectivity index (χ0) is 14.9. The molecule has 5 nitrogen and oxygen atoms in total. The van der Waals surface area contributed by atoms with Crippen LogP contribution in [0, 0.1) is 20.8 Å². The Morgan fingerprint density at radius 1 is 1.30 bits per heavy atom. The van der Waals surface area contributed by atoms with Gasteiger partial charge >= 0.3 is 0 Å². The molecule has 2 heterocycles. The summed E-state index contributed by atoms with van der Waals surface area (Å²) in [6.45, 7) is 7.63. The average molecular weight is 272 g/mol. The molecule has 2 aromatic heterocycles. The lowest BCUT2D eigenvalue weighted by molar-refractivity contribution is 0.0938. The van der Waals surface area contributed by atoms with Crippen LogP contribution in [-0.2, 0) is 7.05 Å². The van der Waals surface area contributed by atoms with Crippen molar-refractivity contribution in [2.24, 2.45) is 7.05 Å². The highest BCUT2D eigenvalue weighted by atomic mass is 16.1. The molecular formula is C15H20N4O. The van der Waals surface area contributed by atoms with E-state index in [-0.39, 0.29) is 11.9 Å². The first-order valence-electron chi connectivity index (χ1n) is 6.63. The van der Waals surface area contributed by atoms with Gasteiger partial charge in [0.2, 0.25) is 0 Å². The maximum absolute atomic E-state index is 12.4. The molecule has 0 aliphatic rings. The van der Waals surface area contributed by atoms with Gasteiger partial charge in [0.1, 0.15) is 0 Å². The fourth-order valence-electron chi connectivity index (χ4n) is 2.19. The summed E-state index contributed by atoms with van der Waals surface area (Å²) in [4.78, 5) is 16.6. The summed E-state index contributed by atoms with van der Waals surface area (Å²) >= 11 is 0. The standard InChI is InChI=1S/C15H20N4O/c1-9-6-7-13(8-16-9)10(2)17-15(20)14-11(3)18-19(5)12(14)4/h6-8,10H,1-5H3,(H,17,20)/t10-/m1/s1. The molecule has 0 aliphatic carbocycles. The second-order valence-corrected chi connectivity index (χ2v) is 5.10. The number of rotatable bonds is 3. The zero-order valence-corrected chi connectivity index (χ0v) is 12.6. The highest BCUT2D eigenvalue weighted by Gasteiger charge is 2.19. The van der Waals surface area contributed by atoms with Gasteiger partial charge in [0.25, 0.3) is 5.91 Å². The van der Waals surface area contributed by atoms with Crippen molar-refractivity contribution in [2.45, 2.75) is 33.7 Å². The van der Waals surface area contributed by atoms with Crippen molar-refractivity contribution in [1.29, 1.82) is 0 Å². The van der Waals surface area contributed by atoms with Gasteiger partial charge in [-0.15, -0.1) is 0 Å². The largest absolute Gasteiger partial charge is 0.345 e. The number of carbonyl (C=O) groups is 1. The molecule has 1 atom stereocenters. The molecule has 1 amide bonds. The van der Waals surface area contributed by atoms with Gasteiger partial charge in [-0.1, -0.05) is 6.07 Å². The van der Waals surface area contributed by atoms with Crippen LogP contribution in [0.2, 0.25) is 0 Å². The molecule has 20 heavy (non-hydrogen) atoms. The van der Waals surface area contributed by atoms with Crippen molar-refractivity contribution in [3.63, 3.8) is 0 Å². The first-order valence-corrected chi connectivity index (χ1v) is 6.63. The van der Waals surface area contributed by atoms with E-state index >= 15 is 0 Å². The zero-order valence-electron chi connectivity index (χ0n) is 12.6. The Hall–Kier alpha value is -2.17. The number of pyridine rings is 1. The molecule has 5 heteroatoms. The molecule has 0 bridgehead atoms. The van der Waals surface area contributed by atoms with Crippen LogP contribution < -0.4 is 5.32 Å². The molecule has 1 N–H and O–H groups in total. The van der Waals surface area contributed by atoms with Gasteiger partial charge in [0, 0.05) is 24.6 Å². The van der Waals surface area contributed by atoms with Crippen LogP contribution in [0.1, 0.15) is 46.0 Å². The summed E-state index contributed by atoms with van der Waals surface area (Å²) in [5.74, 6) is -0.0961. The highest BCUT2D eigenvalue weighted by Crippen LogP contribution is 2.16. The molecule has 0 spiro atoms. The lowest BCUT2D eigenvalue weighted by Gasteiger charge is -2.14. The van der Waals surface area contributed by atoms with Gasteiger partial charge in [-0.05, 0) is 39.3 Å². The highest BCUT2D eigenvalue weighted by molar-refractivity contribution is 5.96. The first kappa shape index (κ1) is 14.2. The Balaban J connectivity index is 2.17. The Bertz CT molecular complexity index is 628. The number of carbonyl (C=O) groups excluding carboxylic acids is 1. The number of nitrogens with zero attached hydrogens (tertiary/aromatic N) is 3. The minimum Gasteiger partial charge on any atom is -0.345 e. The van der Waals surface area contributed by atoms with Crippen molar-refractivity contribution in [2.75, 3.05) is 0 Å². The quantitative estimate of drug-likeness (QED) is 0.932. The molecule has 0 radical (unpaired) electrons. The minimum absolute atomic E-state index is 0.0883. The molecular weight excluding hydrogens is 252 g/mol. The average Bonchev–Trinajstić information content (AvgIpc) is 2.63. The van der Waals surface area contributed by atoms with Crippen LogP contribution in [0.25, 0.3) is 0 Å². The van der Waals surface area contributed by atoms with Crippen molar-refractivity contribution in [1.82, 2.24) is 20.1 Å². The van der Waals surface area contributed by atoms with Gasteiger partial charge in [0.15, 0.2) is 0 Å². The third-order valence-electron chi connectivity index (χ3n) is 3.52. The third kappa shape index (κ3) is 2.71. The second kappa shape index (κ2) is 5.45. The minimum atomic E-state index is -0.0961. The Labute approximate surface area is 119 Å². The monoisotopic (exact) mass is 272 g/mol. The van der Waals surface area contributed by atoms with Crippen LogP contribution in [0.3, 0.4) is 0 Å². The van der Waals surface area contributed by atoms with Crippen LogP contribution in [0.4, 0.5) is 0 Å². The van der Waals surface area contributed by atoms with Gasteiger partial charge in [-0.2, -0.15) is 5.10 Å². The van der Waals surface area contributed by atoms with E-state index in [0.29, 0.717) is 5.56 Å².